The quantitative estimate of drug-likeness (QED) is 0.837. The second kappa shape index (κ2) is 5.23. The molecule has 2 N–H and O–H groups in total. The number of hydrogen-bond acceptors (Lipinski definition) is 4. The van der Waals surface area contributed by atoms with Crippen LogP contribution in [0.3, 0.4) is 0 Å². The minimum absolute atomic E-state index is 0.181. The first-order valence-electron chi connectivity index (χ1n) is 5.85. The Morgan fingerprint density at radius 1 is 1.33 bits per heavy atom. The van der Waals surface area contributed by atoms with E-state index in [2.05, 4.69) is 15.5 Å². The first-order chi connectivity index (χ1) is 8.48. The van der Waals surface area contributed by atoms with Crippen LogP contribution >= 0.6 is 0 Å². The Hall–Kier alpha value is -1.15. The Morgan fingerprint density at radius 3 is 2.83 bits per heavy atom. The first-order valence-corrected chi connectivity index (χ1v) is 5.85. The fourth-order valence-corrected chi connectivity index (χ4v) is 1.94. The van der Waals surface area contributed by atoms with Gasteiger partial charge in [0.25, 0.3) is 0 Å². The van der Waals surface area contributed by atoms with Crippen molar-refractivity contribution in [1.29, 1.82) is 0 Å². The van der Waals surface area contributed by atoms with Gasteiger partial charge in [-0.15, -0.1) is 10.2 Å². The number of rotatable bonds is 4. The van der Waals surface area contributed by atoms with E-state index < -0.39 is 18.8 Å². The number of alkyl halides is 3. The summed E-state index contributed by atoms with van der Waals surface area (Å²) in [5, 5.41) is 19.3. The predicted octanol–water partition coefficient (Wildman–Crippen LogP) is 0.627. The summed E-state index contributed by atoms with van der Waals surface area (Å²) in [6.07, 6.45) is -3.97. The molecule has 0 spiro atoms. The monoisotopic (exact) mass is 264 g/mol. The molecule has 0 fully saturated rings. The number of aromatic nitrogens is 3. The van der Waals surface area contributed by atoms with Crippen LogP contribution in [0.15, 0.2) is 0 Å². The SMILES string of the molecule is OC(CNCc1nnc2n1CCCC2)C(F)(F)F. The Kier molecular flexibility index (Phi) is 3.86. The number of aliphatic hydroxyl groups excluding tert-OH is 1. The highest BCUT2D eigenvalue weighted by Gasteiger charge is 2.37. The molecule has 0 aliphatic carbocycles. The summed E-state index contributed by atoms with van der Waals surface area (Å²) < 4.78 is 38.1. The molecule has 8 heteroatoms. The van der Waals surface area contributed by atoms with E-state index in [9.17, 15) is 13.2 Å². The molecule has 1 aromatic heterocycles. The Balaban J connectivity index is 1.86. The molecule has 5 nitrogen and oxygen atoms in total. The van der Waals surface area contributed by atoms with E-state index in [1.165, 1.54) is 0 Å². The zero-order chi connectivity index (χ0) is 13.2. The van der Waals surface area contributed by atoms with Crippen LogP contribution in [-0.4, -0.2) is 38.7 Å². The Labute approximate surface area is 102 Å². The third kappa shape index (κ3) is 2.99. The van der Waals surface area contributed by atoms with Crippen molar-refractivity contribution in [2.75, 3.05) is 6.54 Å². The number of nitrogens with zero attached hydrogens (tertiary/aromatic N) is 3. The standard InChI is InChI=1S/C10H15F3N4O/c11-10(12,13)7(18)5-14-6-9-16-15-8-3-1-2-4-17(8)9/h7,14,18H,1-6H2. The number of aryl methyl sites for hydroxylation is 1. The van der Waals surface area contributed by atoms with Crippen LogP contribution in [0.25, 0.3) is 0 Å². The van der Waals surface area contributed by atoms with Gasteiger partial charge in [-0.25, -0.2) is 0 Å². The van der Waals surface area contributed by atoms with Crippen molar-refractivity contribution in [2.24, 2.45) is 0 Å². The summed E-state index contributed by atoms with van der Waals surface area (Å²) >= 11 is 0. The van der Waals surface area contributed by atoms with Crippen LogP contribution < -0.4 is 5.32 Å². The van der Waals surface area contributed by atoms with Crippen LogP contribution in [0.1, 0.15) is 24.5 Å². The molecule has 1 aromatic rings. The lowest BCUT2D eigenvalue weighted by molar-refractivity contribution is -0.201. The van der Waals surface area contributed by atoms with Crippen LogP contribution in [-0.2, 0) is 19.5 Å². The third-order valence-electron chi connectivity index (χ3n) is 2.93. The van der Waals surface area contributed by atoms with E-state index in [4.69, 9.17) is 5.11 Å². The van der Waals surface area contributed by atoms with Gasteiger partial charge in [-0.05, 0) is 12.8 Å². The number of halogens is 3. The molecular formula is C10H15F3N4O. The summed E-state index contributed by atoms with van der Waals surface area (Å²) in [5.41, 5.74) is 0. The van der Waals surface area contributed by atoms with Gasteiger partial charge >= 0.3 is 6.18 Å². The van der Waals surface area contributed by atoms with Gasteiger partial charge in [0, 0.05) is 19.5 Å². The smallest absolute Gasteiger partial charge is 0.382 e. The molecule has 0 radical (unpaired) electrons. The van der Waals surface area contributed by atoms with Crippen LogP contribution in [0.5, 0.6) is 0 Å². The zero-order valence-electron chi connectivity index (χ0n) is 9.74. The molecule has 0 saturated heterocycles. The molecule has 2 heterocycles. The summed E-state index contributed by atoms with van der Waals surface area (Å²) in [7, 11) is 0. The van der Waals surface area contributed by atoms with Crippen molar-refractivity contribution in [3.05, 3.63) is 11.6 Å². The molecule has 1 aliphatic heterocycles. The van der Waals surface area contributed by atoms with E-state index >= 15 is 0 Å². The molecule has 0 amide bonds. The van der Waals surface area contributed by atoms with E-state index in [1.54, 1.807) is 0 Å². The topological polar surface area (TPSA) is 63.0 Å². The van der Waals surface area contributed by atoms with Crippen LogP contribution in [0, 0.1) is 0 Å². The number of aliphatic hydroxyl groups is 1. The molecule has 0 aromatic carbocycles. The molecule has 1 unspecified atom stereocenters. The lowest BCUT2D eigenvalue weighted by Crippen LogP contribution is -2.38. The van der Waals surface area contributed by atoms with E-state index in [-0.39, 0.29) is 6.54 Å². The minimum Gasteiger partial charge on any atom is -0.382 e. The summed E-state index contributed by atoms with van der Waals surface area (Å²) in [5.74, 6) is 1.51. The van der Waals surface area contributed by atoms with Gasteiger partial charge < -0.3 is 15.0 Å². The van der Waals surface area contributed by atoms with Gasteiger partial charge in [0.2, 0.25) is 0 Å². The Morgan fingerprint density at radius 2 is 2.11 bits per heavy atom. The Bertz CT molecular complexity index is 404. The van der Waals surface area contributed by atoms with Gasteiger partial charge in [-0.2, -0.15) is 13.2 Å². The summed E-state index contributed by atoms with van der Waals surface area (Å²) in [6, 6.07) is 0. The van der Waals surface area contributed by atoms with Gasteiger partial charge in [0.1, 0.15) is 11.6 Å². The second-order valence-electron chi connectivity index (χ2n) is 4.33. The highest BCUT2D eigenvalue weighted by molar-refractivity contribution is 4.98. The molecule has 102 valence electrons. The number of hydrogen-bond donors (Lipinski definition) is 2. The third-order valence-corrected chi connectivity index (χ3v) is 2.93. The van der Waals surface area contributed by atoms with Gasteiger partial charge in [0.15, 0.2) is 6.10 Å². The average Bonchev–Trinajstić information content (AvgIpc) is 2.71. The maximum Gasteiger partial charge on any atom is 0.415 e. The van der Waals surface area contributed by atoms with Crippen molar-refractivity contribution < 1.29 is 18.3 Å². The predicted molar refractivity (Wildman–Crippen MR) is 56.7 cm³/mol. The van der Waals surface area contributed by atoms with Gasteiger partial charge in [0.05, 0.1) is 6.54 Å². The van der Waals surface area contributed by atoms with E-state index in [1.807, 2.05) is 4.57 Å². The normalized spacial score (nSPS) is 17.6. The van der Waals surface area contributed by atoms with Crippen molar-refractivity contribution in [1.82, 2.24) is 20.1 Å². The van der Waals surface area contributed by atoms with Gasteiger partial charge in [-0.3, -0.25) is 0 Å². The molecule has 18 heavy (non-hydrogen) atoms. The minimum atomic E-state index is -4.59. The first kappa shape index (κ1) is 13.3. The fraction of sp³-hybridized carbons (Fsp3) is 0.800. The molecule has 0 bridgehead atoms. The maximum absolute atomic E-state index is 12.1. The summed E-state index contributed by atoms with van der Waals surface area (Å²) in [4.78, 5) is 0. The van der Waals surface area contributed by atoms with Gasteiger partial charge in [-0.1, -0.05) is 0 Å². The molecule has 2 rings (SSSR count). The van der Waals surface area contributed by atoms with Crippen LogP contribution in [0.2, 0.25) is 0 Å². The second-order valence-corrected chi connectivity index (χ2v) is 4.33. The van der Waals surface area contributed by atoms with E-state index in [0.29, 0.717) is 5.82 Å². The highest BCUT2D eigenvalue weighted by atomic mass is 19.4. The van der Waals surface area contributed by atoms with Crippen LogP contribution in [0.4, 0.5) is 13.2 Å². The number of nitrogens with one attached hydrogen (secondary N) is 1. The highest BCUT2D eigenvalue weighted by Crippen LogP contribution is 2.19. The summed E-state index contributed by atoms with van der Waals surface area (Å²) in [6.45, 7) is 0.451. The largest absolute Gasteiger partial charge is 0.415 e. The van der Waals surface area contributed by atoms with Crippen molar-refractivity contribution in [3.8, 4) is 0 Å². The fourth-order valence-electron chi connectivity index (χ4n) is 1.94. The molecular weight excluding hydrogens is 249 g/mol. The van der Waals surface area contributed by atoms with Crippen molar-refractivity contribution >= 4 is 0 Å². The zero-order valence-corrected chi connectivity index (χ0v) is 9.74. The average molecular weight is 264 g/mol. The maximum atomic E-state index is 12.1. The molecule has 0 saturated carbocycles. The lowest BCUT2D eigenvalue weighted by atomic mass is 10.2. The molecule has 1 atom stereocenters. The van der Waals surface area contributed by atoms with Crippen molar-refractivity contribution in [2.45, 2.75) is 44.6 Å². The number of fused-ring (bicyclic) bond motifs is 1. The van der Waals surface area contributed by atoms with Crippen molar-refractivity contribution in [3.63, 3.8) is 0 Å². The molecule has 1 aliphatic rings. The lowest BCUT2D eigenvalue weighted by Gasteiger charge is -2.17. The van der Waals surface area contributed by atoms with E-state index in [0.717, 1.165) is 31.6 Å².